The minimum Gasteiger partial charge on any atom is -0.488 e. The Hall–Kier alpha value is -3.50. The van der Waals surface area contributed by atoms with Crippen LogP contribution in [0, 0.1) is 11.6 Å². The number of nitrogens with one attached hydrogen (secondary N) is 1. The van der Waals surface area contributed by atoms with E-state index >= 15 is 0 Å². The SMILES string of the molecule is O=C(CN1C(=O)S/C(=C/c2ccc(OCc3cccc(F)c3)c(Br)c2)C1=O)Nc1cccc(F)c1. The van der Waals surface area contributed by atoms with Crippen molar-refractivity contribution in [3.8, 4) is 5.75 Å². The average Bonchev–Trinajstić information content (AvgIpc) is 3.06. The van der Waals surface area contributed by atoms with Crippen LogP contribution in [0.5, 0.6) is 5.75 Å². The monoisotopic (exact) mass is 558 g/mol. The van der Waals surface area contributed by atoms with Crippen LogP contribution < -0.4 is 10.1 Å². The molecule has 0 aliphatic carbocycles. The first kappa shape index (κ1) is 24.6. The highest BCUT2D eigenvalue weighted by Crippen LogP contribution is 2.34. The molecule has 35 heavy (non-hydrogen) atoms. The van der Waals surface area contributed by atoms with E-state index in [-0.39, 0.29) is 23.0 Å². The summed E-state index contributed by atoms with van der Waals surface area (Å²) in [5.74, 6) is -1.57. The van der Waals surface area contributed by atoms with Gasteiger partial charge in [0.1, 0.15) is 30.5 Å². The number of halogens is 3. The van der Waals surface area contributed by atoms with E-state index < -0.39 is 29.4 Å². The van der Waals surface area contributed by atoms with E-state index in [0.717, 1.165) is 22.7 Å². The third kappa shape index (κ3) is 6.34. The summed E-state index contributed by atoms with van der Waals surface area (Å²) >= 11 is 4.14. The molecule has 0 radical (unpaired) electrons. The molecule has 0 atom stereocenters. The lowest BCUT2D eigenvalue weighted by Gasteiger charge is -2.12. The number of carbonyl (C=O) groups excluding carboxylic acids is 3. The Bertz CT molecular complexity index is 1350. The van der Waals surface area contributed by atoms with E-state index in [1.807, 2.05) is 0 Å². The first-order chi connectivity index (χ1) is 16.8. The van der Waals surface area contributed by atoms with Gasteiger partial charge >= 0.3 is 0 Å². The van der Waals surface area contributed by atoms with Gasteiger partial charge in [0, 0.05) is 5.69 Å². The minimum atomic E-state index is -0.623. The third-order valence-electron chi connectivity index (χ3n) is 4.82. The fourth-order valence-corrected chi connectivity index (χ4v) is 4.56. The van der Waals surface area contributed by atoms with Gasteiger partial charge < -0.3 is 10.1 Å². The standard InChI is InChI=1S/C25H17BrF2N2O4S/c26-20-10-15(7-8-21(20)34-14-16-3-1-4-17(27)9-16)11-22-24(32)30(25(33)35-22)13-23(31)29-19-6-2-5-18(28)12-19/h1-12H,13-14H2,(H,29,31)/b22-11+. The minimum absolute atomic E-state index is 0.161. The topological polar surface area (TPSA) is 75.7 Å². The first-order valence-corrected chi connectivity index (χ1v) is 11.9. The van der Waals surface area contributed by atoms with Crippen molar-refractivity contribution < 1.29 is 27.9 Å². The van der Waals surface area contributed by atoms with Crippen LogP contribution in [0.4, 0.5) is 19.3 Å². The number of hydrogen-bond acceptors (Lipinski definition) is 5. The molecule has 0 saturated carbocycles. The average molecular weight is 559 g/mol. The summed E-state index contributed by atoms with van der Waals surface area (Å²) in [6.45, 7) is -0.318. The number of anilines is 1. The summed E-state index contributed by atoms with van der Waals surface area (Å²) in [6.07, 6.45) is 1.54. The molecule has 4 rings (SSSR count). The molecule has 0 bridgehead atoms. The Balaban J connectivity index is 1.40. The number of rotatable bonds is 7. The molecule has 0 unspecified atom stereocenters. The summed E-state index contributed by atoms with van der Waals surface area (Å²) in [7, 11) is 0. The Kier molecular flexibility index (Phi) is 7.62. The Morgan fingerprint density at radius 3 is 2.49 bits per heavy atom. The molecule has 1 heterocycles. The molecule has 1 saturated heterocycles. The fraction of sp³-hybridized carbons (Fsp3) is 0.0800. The maximum atomic E-state index is 13.3. The molecule has 3 aromatic rings. The molecule has 3 amide bonds. The Morgan fingerprint density at radius 2 is 1.77 bits per heavy atom. The van der Waals surface area contributed by atoms with E-state index in [1.165, 1.54) is 36.4 Å². The Morgan fingerprint density at radius 1 is 1.03 bits per heavy atom. The normalized spacial score (nSPS) is 14.5. The molecule has 1 aliphatic rings. The second kappa shape index (κ2) is 10.8. The summed E-state index contributed by atoms with van der Waals surface area (Å²) in [5.41, 5.74) is 1.53. The van der Waals surface area contributed by atoms with Gasteiger partial charge in [0.05, 0.1) is 9.38 Å². The van der Waals surface area contributed by atoms with Crippen LogP contribution in [0.15, 0.2) is 76.1 Å². The largest absolute Gasteiger partial charge is 0.488 e. The van der Waals surface area contributed by atoms with Crippen molar-refractivity contribution >= 4 is 56.5 Å². The van der Waals surface area contributed by atoms with Crippen molar-refractivity contribution in [3.05, 3.63) is 98.9 Å². The third-order valence-corrected chi connectivity index (χ3v) is 6.35. The molecule has 6 nitrogen and oxygen atoms in total. The molecule has 178 valence electrons. The lowest BCUT2D eigenvalue weighted by molar-refractivity contribution is -0.127. The quantitative estimate of drug-likeness (QED) is 0.361. The van der Waals surface area contributed by atoms with Crippen LogP contribution in [-0.4, -0.2) is 28.5 Å². The van der Waals surface area contributed by atoms with E-state index in [4.69, 9.17) is 4.74 Å². The molecule has 1 aliphatic heterocycles. The van der Waals surface area contributed by atoms with E-state index in [2.05, 4.69) is 21.2 Å². The summed E-state index contributed by atoms with van der Waals surface area (Å²) in [4.78, 5) is 38.3. The lowest BCUT2D eigenvalue weighted by atomic mass is 10.2. The number of amides is 3. The summed E-state index contributed by atoms with van der Waals surface area (Å²) in [6, 6.07) is 16.5. The van der Waals surface area contributed by atoms with E-state index in [0.29, 0.717) is 21.3 Å². The van der Waals surface area contributed by atoms with Gasteiger partial charge in [-0.05, 0) is 87.4 Å². The summed E-state index contributed by atoms with van der Waals surface area (Å²) in [5, 5.41) is 1.88. The number of thioether (sulfide) groups is 1. The van der Waals surface area contributed by atoms with Crippen molar-refractivity contribution in [1.82, 2.24) is 4.90 Å². The van der Waals surface area contributed by atoms with Crippen molar-refractivity contribution in [3.63, 3.8) is 0 Å². The van der Waals surface area contributed by atoms with Crippen molar-refractivity contribution in [1.29, 1.82) is 0 Å². The molecule has 3 aromatic carbocycles. The maximum Gasteiger partial charge on any atom is 0.294 e. The van der Waals surface area contributed by atoms with Gasteiger partial charge in [-0.1, -0.05) is 24.3 Å². The number of nitrogens with zero attached hydrogens (tertiary/aromatic N) is 1. The summed E-state index contributed by atoms with van der Waals surface area (Å²) < 4.78 is 32.9. The fourth-order valence-electron chi connectivity index (χ4n) is 3.21. The zero-order chi connectivity index (χ0) is 24.9. The second-order valence-electron chi connectivity index (χ2n) is 7.43. The second-order valence-corrected chi connectivity index (χ2v) is 9.28. The molecule has 1 N–H and O–H groups in total. The number of hydrogen-bond donors (Lipinski definition) is 1. The first-order valence-electron chi connectivity index (χ1n) is 10.3. The van der Waals surface area contributed by atoms with Gasteiger partial charge in [-0.15, -0.1) is 0 Å². The van der Waals surface area contributed by atoms with Crippen molar-refractivity contribution in [2.24, 2.45) is 0 Å². The van der Waals surface area contributed by atoms with Gasteiger partial charge in [-0.3, -0.25) is 19.3 Å². The number of carbonyl (C=O) groups is 3. The van der Waals surface area contributed by atoms with Crippen LogP contribution in [0.2, 0.25) is 0 Å². The molecule has 0 aromatic heterocycles. The number of imide groups is 1. The number of ether oxygens (including phenoxy) is 1. The van der Waals surface area contributed by atoms with Gasteiger partial charge in [0.25, 0.3) is 11.1 Å². The van der Waals surface area contributed by atoms with Crippen LogP contribution in [0.3, 0.4) is 0 Å². The van der Waals surface area contributed by atoms with Crippen LogP contribution in [-0.2, 0) is 16.2 Å². The van der Waals surface area contributed by atoms with Crippen LogP contribution in [0.25, 0.3) is 6.08 Å². The Labute approximate surface area is 212 Å². The predicted molar refractivity (Wildman–Crippen MR) is 133 cm³/mol. The highest BCUT2D eigenvalue weighted by Gasteiger charge is 2.36. The number of benzene rings is 3. The van der Waals surface area contributed by atoms with E-state index in [9.17, 15) is 23.2 Å². The van der Waals surface area contributed by atoms with E-state index in [1.54, 1.807) is 30.3 Å². The smallest absolute Gasteiger partial charge is 0.294 e. The zero-order valence-corrected chi connectivity index (χ0v) is 20.4. The van der Waals surface area contributed by atoms with Gasteiger partial charge in [0.2, 0.25) is 5.91 Å². The molecule has 1 fully saturated rings. The van der Waals surface area contributed by atoms with Gasteiger partial charge in [-0.2, -0.15) is 0 Å². The highest BCUT2D eigenvalue weighted by molar-refractivity contribution is 9.10. The van der Waals surface area contributed by atoms with Gasteiger partial charge in [-0.25, -0.2) is 8.78 Å². The zero-order valence-electron chi connectivity index (χ0n) is 18.0. The van der Waals surface area contributed by atoms with Crippen LogP contribution >= 0.6 is 27.7 Å². The van der Waals surface area contributed by atoms with Gasteiger partial charge in [0.15, 0.2) is 0 Å². The van der Waals surface area contributed by atoms with Crippen molar-refractivity contribution in [2.75, 3.05) is 11.9 Å². The lowest BCUT2D eigenvalue weighted by Crippen LogP contribution is -2.36. The molecule has 10 heteroatoms. The predicted octanol–water partition coefficient (Wildman–Crippen LogP) is 5.98. The molecular weight excluding hydrogens is 542 g/mol. The van der Waals surface area contributed by atoms with Crippen molar-refractivity contribution in [2.45, 2.75) is 6.61 Å². The molecular formula is C25H17BrF2N2O4S. The highest BCUT2D eigenvalue weighted by atomic mass is 79.9. The molecule has 0 spiro atoms. The van der Waals surface area contributed by atoms with Crippen LogP contribution in [0.1, 0.15) is 11.1 Å². The maximum absolute atomic E-state index is 13.3.